The van der Waals surface area contributed by atoms with Crippen molar-refractivity contribution in [3.63, 3.8) is 0 Å². The maximum atomic E-state index is 9.85. The van der Waals surface area contributed by atoms with Crippen LogP contribution in [0.3, 0.4) is 0 Å². The van der Waals surface area contributed by atoms with Gasteiger partial charge in [0.1, 0.15) is 6.10 Å². The number of aliphatic hydroxyl groups excluding tert-OH is 1. The van der Waals surface area contributed by atoms with Crippen molar-refractivity contribution in [1.82, 2.24) is 0 Å². The van der Waals surface area contributed by atoms with Crippen molar-refractivity contribution < 1.29 is 5.11 Å². The van der Waals surface area contributed by atoms with Gasteiger partial charge in [0.2, 0.25) is 0 Å². The molecule has 0 spiro atoms. The molecule has 2 rings (SSSR count). The molecule has 0 saturated carbocycles. The van der Waals surface area contributed by atoms with Gasteiger partial charge in [0.15, 0.2) is 0 Å². The molecule has 82 valence electrons. The van der Waals surface area contributed by atoms with E-state index in [4.69, 9.17) is 0 Å². The molecule has 1 N–H and O–H groups in total. The molecule has 1 heteroatoms. The smallest absolute Gasteiger partial charge is 0.140 e. The van der Waals surface area contributed by atoms with E-state index in [0.717, 1.165) is 18.4 Å². The Bertz CT molecular complexity index is 420. The zero-order valence-electron chi connectivity index (χ0n) is 9.32. The van der Waals surface area contributed by atoms with Crippen molar-refractivity contribution in [2.75, 3.05) is 0 Å². The first kappa shape index (κ1) is 11.0. The second kappa shape index (κ2) is 5.53. The highest BCUT2D eigenvalue weighted by Gasteiger charge is 2.03. The lowest BCUT2D eigenvalue weighted by Crippen LogP contribution is -1.94. The predicted octanol–water partition coefficient (Wildman–Crippen LogP) is 3.22. The van der Waals surface area contributed by atoms with Gasteiger partial charge in [0.05, 0.1) is 0 Å². The lowest BCUT2D eigenvalue weighted by Gasteiger charge is -2.07. The summed E-state index contributed by atoms with van der Waals surface area (Å²) in [7, 11) is 0. The molecule has 1 aromatic rings. The number of benzene rings is 1. The molecule has 0 saturated heterocycles. The van der Waals surface area contributed by atoms with Gasteiger partial charge in [-0.15, -0.1) is 0 Å². The zero-order valence-corrected chi connectivity index (χ0v) is 9.32. The molecular weight excluding hydrogens is 196 g/mol. The highest BCUT2D eigenvalue weighted by atomic mass is 16.3. The summed E-state index contributed by atoms with van der Waals surface area (Å²) >= 11 is 0. The van der Waals surface area contributed by atoms with Gasteiger partial charge < -0.3 is 5.11 Å². The van der Waals surface area contributed by atoms with Gasteiger partial charge in [-0.3, -0.25) is 0 Å². The van der Waals surface area contributed by atoms with Gasteiger partial charge in [-0.25, -0.2) is 0 Å². The third-order valence-electron chi connectivity index (χ3n) is 2.78. The summed E-state index contributed by atoms with van der Waals surface area (Å²) in [6.45, 7) is 0. The third kappa shape index (κ3) is 2.98. The van der Waals surface area contributed by atoms with Crippen LogP contribution in [0.5, 0.6) is 0 Å². The number of allylic oxidation sites excluding steroid dienone is 2. The molecule has 0 amide bonds. The van der Waals surface area contributed by atoms with E-state index in [1.165, 1.54) is 18.4 Å². The molecule has 16 heavy (non-hydrogen) atoms. The van der Waals surface area contributed by atoms with E-state index in [1.54, 1.807) is 0 Å². The molecule has 0 unspecified atom stereocenters. The zero-order chi connectivity index (χ0) is 11.2. The van der Waals surface area contributed by atoms with E-state index < -0.39 is 6.10 Å². The maximum absolute atomic E-state index is 9.85. The largest absolute Gasteiger partial charge is 0.376 e. The third-order valence-corrected chi connectivity index (χ3v) is 2.78. The van der Waals surface area contributed by atoms with Crippen LogP contribution >= 0.6 is 0 Å². The van der Waals surface area contributed by atoms with Crippen molar-refractivity contribution in [3.05, 3.63) is 47.5 Å². The van der Waals surface area contributed by atoms with Crippen LogP contribution in [-0.2, 0) is 0 Å². The van der Waals surface area contributed by atoms with E-state index in [-0.39, 0.29) is 0 Å². The second-order valence-electron chi connectivity index (χ2n) is 4.06. The summed E-state index contributed by atoms with van der Waals surface area (Å²) in [5.41, 5.74) is 2.05. The molecule has 0 radical (unpaired) electrons. The molecule has 0 heterocycles. The molecule has 0 aromatic heterocycles. The van der Waals surface area contributed by atoms with Crippen molar-refractivity contribution in [2.24, 2.45) is 0 Å². The average Bonchev–Trinajstić information content (AvgIpc) is 2.38. The van der Waals surface area contributed by atoms with E-state index in [0.29, 0.717) is 0 Å². The van der Waals surface area contributed by atoms with E-state index in [2.05, 4.69) is 17.9 Å². The fourth-order valence-corrected chi connectivity index (χ4v) is 1.83. The van der Waals surface area contributed by atoms with Gasteiger partial charge in [-0.1, -0.05) is 48.2 Å². The first-order chi connectivity index (χ1) is 7.86. The molecule has 1 aliphatic rings. The molecule has 1 nitrogen and oxygen atoms in total. The Balaban J connectivity index is 2.04. The van der Waals surface area contributed by atoms with Crippen LogP contribution in [0, 0.1) is 11.8 Å². The molecule has 1 aromatic carbocycles. The number of hydrogen-bond acceptors (Lipinski definition) is 1. The van der Waals surface area contributed by atoms with Crippen LogP contribution in [0.1, 0.15) is 37.4 Å². The Morgan fingerprint density at radius 1 is 1.12 bits per heavy atom. The average molecular weight is 212 g/mol. The maximum Gasteiger partial charge on any atom is 0.140 e. The lowest BCUT2D eigenvalue weighted by molar-refractivity contribution is 0.238. The summed E-state index contributed by atoms with van der Waals surface area (Å²) in [4.78, 5) is 0. The summed E-state index contributed by atoms with van der Waals surface area (Å²) in [6.07, 6.45) is 6.21. The molecule has 0 fully saturated rings. The first-order valence-corrected chi connectivity index (χ1v) is 5.80. The highest BCUT2D eigenvalue weighted by Crippen LogP contribution is 2.17. The Morgan fingerprint density at radius 2 is 1.94 bits per heavy atom. The van der Waals surface area contributed by atoms with Crippen LogP contribution in [0.15, 0.2) is 42.0 Å². The molecule has 1 aliphatic carbocycles. The van der Waals surface area contributed by atoms with Crippen LogP contribution in [-0.4, -0.2) is 5.11 Å². The quantitative estimate of drug-likeness (QED) is 0.709. The Kier molecular flexibility index (Phi) is 3.80. The van der Waals surface area contributed by atoms with E-state index in [9.17, 15) is 5.11 Å². The van der Waals surface area contributed by atoms with Crippen LogP contribution < -0.4 is 0 Å². The number of rotatable bonds is 1. The van der Waals surface area contributed by atoms with Gasteiger partial charge in [-0.05, 0) is 36.8 Å². The standard InChI is InChI=1S/C15H16O/c16-15(14-9-5-2-6-10-14)12-11-13-7-3-1-4-8-13/h2,5-7,9-10,15-16H,1,3-4,8H2/t15-/m0/s1. The molecule has 0 bridgehead atoms. The monoisotopic (exact) mass is 212 g/mol. The summed E-state index contributed by atoms with van der Waals surface area (Å²) < 4.78 is 0. The Hall–Kier alpha value is -1.52. The normalized spacial score (nSPS) is 16.9. The minimum Gasteiger partial charge on any atom is -0.376 e. The van der Waals surface area contributed by atoms with Crippen molar-refractivity contribution >= 4 is 0 Å². The van der Waals surface area contributed by atoms with Gasteiger partial charge in [0.25, 0.3) is 0 Å². The minimum atomic E-state index is -0.663. The molecular formula is C15H16O. The second-order valence-corrected chi connectivity index (χ2v) is 4.06. The van der Waals surface area contributed by atoms with Crippen LogP contribution in [0.4, 0.5) is 0 Å². The minimum absolute atomic E-state index is 0.663. The van der Waals surface area contributed by atoms with Gasteiger partial charge >= 0.3 is 0 Å². The van der Waals surface area contributed by atoms with Crippen LogP contribution in [0.2, 0.25) is 0 Å². The lowest BCUT2D eigenvalue weighted by atomic mass is 9.99. The fraction of sp³-hybridized carbons (Fsp3) is 0.333. The summed E-state index contributed by atoms with van der Waals surface area (Å²) in [5.74, 6) is 5.99. The molecule has 0 aliphatic heterocycles. The van der Waals surface area contributed by atoms with E-state index in [1.807, 2.05) is 30.3 Å². The van der Waals surface area contributed by atoms with Gasteiger partial charge in [-0.2, -0.15) is 0 Å². The Labute approximate surface area is 96.8 Å². The van der Waals surface area contributed by atoms with Crippen molar-refractivity contribution in [3.8, 4) is 11.8 Å². The summed E-state index contributed by atoms with van der Waals surface area (Å²) in [6, 6.07) is 9.57. The Morgan fingerprint density at radius 3 is 2.62 bits per heavy atom. The number of aliphatic hydroxyl groups is 1. The fourth-order valence-electron chi connectivity index (χ4n) is 1.83. The summed E-state index contributed by atoms with van der Waals surface area (Å²) in [5, 5.41) is 9.85. The first-order valence-electron chi connectivity index (χ1n) is 5.80. The number of hydrogen-bond donors (Lipinski definition) is 1. The van der Waals surface area contributed by atoms with Crippen LogP contribution in [0.25, 0.3) is 0 Å². The van der Waals surface area contributed by atoms with E-state index >= 15 is 0 Å². The van der Waals surface area contributed by atoms with Crippen molar-refractivity contribution in [1.29, 1.82) is 0 Å². The predicted molar refractivity (Wildman–Crippen MR) is 65.7 cm³/mol. The topological polar surface area (TPSA) is 20.2 Å². The highest BCUT2D eigenvalue weighted by molar-refractivity contribution is 5.33. The van der Waals surface area contributed by atoms with Gasteiger partial charge in [0, 0.05) is 0 Å². The SMILES string of the molecule is O[C@@H](C#CC1=CCCCC1)c1ccccc1. The van der Waals surface area contributed by atoms with Crippen molar-refractivity contribution in [2.45, 2.75) is 31.8 Å². The molecule has 1 atom stereocenters.